The van der Waals surface area contributed by atoms with Crippen LogP contribution in [-0.4, -0.2) is 54.3 Å². The summed E-state index contributed by atoms with van der Waals surface area (Å²) in [6, 6.07) is 19.5. The Morgan fingerprint density at radius 3 is 1.11 bits per heavy atom. The third-order valence-electron chi connectivity index (χ3n) is 11.6. The van der Waals surface area contributed by atoms with E-state index in [4.69, 9.17) is 0 Å². The second-order valence-corrected chi connectivity index (χ2v) is 18.0. The molecular weight excluding hydrogens is 743 g/mol. The third kappa shape index (κ3) is 3.87. The number of hydrogen-bond donors (Lipinski definition) is 2. The van der Waals surface area contributed by atoms with Gasteiger partial charge in [-0.3, -0.25) is 0 Å². The minimum absolute atomic E-state index is 0.231. The number of alkyl halides is 6. The van der Waals surface area contributed by atoms with Crippen molar-refractivity contribution in [2.24, 2.45) is 0 Å². The van der Waals surface area contributed by atoms with Crippen LogP contribution in [0, 0.1) is 0 Å². The lowest BCUT2D eigenvalue weighted by Gasteiger charge is -2.49. The maximum Gasteiger partial charge on any atom is 0.380 e. The molecule has 8 rings (SSSR count). The lowest BCUT2D eigenvalue weighted by Crippen LogP contribution is -2.62. The van der Waals surface area contributed by atoms with Gasteiger partial charge in [-0.05, 0) is 80.6 Å². The van der Waals surface area contributed by atoms with Crippen LogP contribution < -0.4 is 0 Å². The molecule has 0 aromatic heterocycles. The number of allylic oxidation sites excluding steroid dienone is 2. The number of aliphatic hydroxyl groups is 2. The van der Waals surface area contributed by atoms with Gasteiger partial charge in [-0.25, -0.2) is 16.8 Å². The van der Waals surface area contributed by atoms with Crippen LogP contribution in [0.25, 0.3) is 33.4 Å². The molecule has 4 aliphatic rings. The normalized spacial score (nSPS) is 26.2. The first-order valence-corrected chi connectivity index (χ1v) is 19.7. The lowest BCUT2D eigenvalue weighted by molar-refractivity contribution is -0.257. The van der Waals surface area contributed by atoms with Crippen LogP contribution in [0.4, 0.5) is 26.3 Å². The summed E-state index contributed by atoms with van der Waals surface area (Å²) in [5.74, 6) is -17.3. The lowest BCUT2D eigenvalue weighted by atomic mass is 9.65. The Hall–Kier alpha value is -4.24. The van der Waals surface area contributed by atoms with Crippen molar-refractivity contribution in [3.05, 3.63) is 118 Å². The Balaban J connectivity index is 1.52. The first-order chi connectivity index (χ1) is 24.9. The molecular formula is C39H30F6O6S2. The Morgan fingerprint density at radius 2 is 0.811 bits per heavy atom. The van der Waals surface area contributed by atoms with Crippen molar-refractivity contribution in [1.29, 1.82) is 0 Å². The minimum Gasteiger partial charge on any atom is -0.392 e. The van der Waals surface area contributed by atoms with E-state index in [1.807, 2.05) is 0 Å². The highest BCUT2D eigenvalue weighted by molar-refractivity contribution is 7.98. The summed E-state index contributed by atoms with van der Waals surface area (Å²) < 4.78 is 152. The van der Waals surface area contributed by atoms with Crippen LogP contribution in [0.15, 0.2) is 106 Å². The van der Waals surface area contributed by atoms with Gasteiger partial charge in [0, 0.05) is 11.1 Å². The van der Waals surface area contributed by atoms with Gasteiger partial charge in [0.1, 0.15) is 9.49 Å². The van der Waals surface area contributed by atoms with Crippen molar-refractivity contribution in [3.8, 4) is 22.3 Å². The van der Waals surface area contributed by atoms with Crippen molar-refractivity contribution < 1.29 is 53.4 Å². The molecule has 1 saturated carbocycles. The van der Waals surface area contributed by atoms with Crippen LogP contribution in [0.3, 0.4) is 0 Å². The van der Waals surface area contributed by atoms with E-state index >= 15 is 43.2 Å². The minimum atomic E-state index is -6.06. The van der Waals surface area contributed by atoms with Crippen LogP contribution in [0.5, 0.6) is 0 Å². The average molecular weight is 773 g/mol. The number of sulfone groups is 2. The molecule has 1 fully saturated rings. The van der Waals surface area contributed by atoms with Gasteiger partial charge in [0.05, 0.1) is 23.0 Å². The van der Waals surface area contributed by atoms with Crippen LogP contribution in [0.1, 0.15) is 48.9 Å². The highest BCUT2D eigenvalue weighted by Gasteiger charge is 2.88. The Morgan fingerprint density at radius 1 is 0.491 bits per heavy atom. The summed E-state index contributed by atoms with van der Waals surface area (Å²) in [5.41, 5.74) is -4.59. The fraction of sp³-hybridized carbons (Fsp3) is 0.282. The molecule has 0 saturated heterocycles. The molecule has 0 bridgehead atoms. The molecule has 276 valence electrons. The van der Waals surface area contributed by atoms with Gasteiger partial charge in [0.25, 0.3) is 0 Å². The fourth-order valence-electron chi connectivity index (χ4n) is 9.15. The Bertz CT molecular complexity index is 2380. The number of rotatable bonds is 6. The molecule has 0 radical (unpaired) electrons. The molecule has 0 amide bonds. The van der Waals surface area contributed by atoms with E-state index < -0.39 is 103 Å². The highest BCUT2D eigenvalue weighted by Crippen LogP contribution is 2.76. The molecule has 0 spiro atoms. The van der Waals surface area contributed by atoms with E-state index in [2.05, 4.69) is 0 Å². The van der Waals surface area contributed by atoms with E-state index in [1.165, 1.54) is 26.0 Å². The molecule has 2 unspecified atom stereocenters. The number of halogens is 6. The average Bonchev–Trinajstić information content (AvgIpc) is 3.52. The number of aliphatic hydroxyl groups excluding tert-OH is 2. The maximum absolute atomic E-state index is 16.4. The highest BCUT2D eigenvalue weighted by atomic mass is 32.2. The largest absolute Gasteiger partial charge is 0.392 e. The molecule has 2 heterocycles. The molecule has 2 aliphatic heterocycles. The van der Waals surface area contributed by atoms with Crippen molar-refractivity contribution in [3.63, 3.8) is 0 Å². The predicted octanol–water partition coefficient (Wildman–Crippen LogP) is 8.02. The second kappa shape index (κ2) is 10.9. The van der Waals surface area contributed by atoms with E-state index in [0.29, 0.717) is 22.3 Å². The first kappa shape index (κ1) is 35.8. The third-order valence-corrected chi connectivity index (χ3v) is 17.0. The van der Waals surface area contributed by atoms with Crippen LogP contribution in [-0.2, 0) is 32.9 Å². The summed E-state index contributed by atoms with van der Waals surface area (Å²) in [6.07, 6.45) is -1.49. The van der Waals surface area contributed by atoms with Gasteiger partial charge < -0.3 is 10.2 Å². The van der Waals surface area contributed by atoms with Gasteiger partial charge >= 0.3 is 17.8 Å². The summed E-state index contributed by atoms with van der Waals surface area (Å²) in [4.78, 5) is -1.30. The van der Waals surface area contributed by atoms with Crippen LogP contribution in [0.2, 0.25) is 0 Å². The molecule has 4 aromatic carbocycles. The predicted molar refractivity (Wildman–Crippen MR) is 185 cm³/mol. The smallest absolute Gasteiger partial charge is 0.380 e. The van der Waals surface area contributed by atoms with Gasteiger partial charge in [0.15, 0.2) is 19.7 Å². The van der Waals surface area contributed by atoms with Gasteiger partial charge in [-0.15, -0.1) is 0 Å². The standard InChI is InChI=1S/C39H30F6O6S2/c1-3-35-31(27-15-13-25(17-29(27)52(35,48)49)23-9-5-21(19-46)6-10-23)33-34(38(42,43)39(44,45)37(33,40)41)32-28-16-14-26(24-11-7-22(20-47)8-12-24)18-30(28)53(50,51)36(32,35)4-2/h5-18,46-47H,3-4,19-20H2,1-2H3. The van der Waals surface area contributed by atoms with E-state index in [1.54, 1.807) is 48.5 Å². The topological polar surface area (TPSA) is 109 Å². The van der Waals surface area contributed by atoms with Crippen molar-refractivity contribution >= 4 is 30.8 Å². The van der Waals surface area contributed by atoms with E-state index in [9.17, 15) is 10.2 Å². The molecule has 4 aromatic rings. The van der Waals surface area contributed by atoms with E-state index in [0.717, 1.165) is 24.3 Å². The molecule has 2 N–H and O–H groups in total. The zero-order chi connectivity index (χ0) is 38.3. The fourth-order valence-corrected chi connectivity index (χ4v) is 15.1. The van der Waals surface area contributed by atoms with Gasteiger partial charge in [0.2, 0.25) is 0 Å². The number of hydrogen-bond acceptors (Lipinski definition) is 6. The molecule has 2 atom stereocenters. The van der Waals surface area contributed by atoms with Crippen molar-refractivity contribution in [2.45, 2.75) is 77.0 Å². The summed E-state index contributed by atoms with van der Waals surface area (Å²) in [7, 11) is -10.3. The first-order valence-electron chi connectivity index (χ1n) is 16.7. The molecule has 14 heteroatoms. The second-order valence-electron chi connectivity index (χ2n) is 13.7. The van der Waals surface area contributed by atoms with Crippen LogP contribution >= 0.6 is 0 Å². The summed E-state index contributed by atoms with van der Waals surface area (Å²) >= 11 is 0. The Kier molecular flexibility index (Phi) is 7.37. The van der Waals surface area contributed by atoms with Crippen molar-refractivity contribution in [1.82, 2.24) is 0 Å². The zero-order valence-electron chi connectivity index (χ0n) is 28.0. The van der Waals surface area contributed by atoms with Gasteiger partial charge in [-0.2, -0.15) is 26.3 Å². The number of benzene rings is 4. The monoisotopic (exact) mass is 772 g/mol. The summed E-state index contributed by atoms with van der Waals surface area (Å²) in [6.45, 7) is 1.88. The van der Waals surface area contributed by atoms with Crippen molar-refractivity contribution in [2.75, 3.05) is 0 Å². The van der Waals surface area contributed by atoms with E-state index in [-0.39, 0.29) is 24.3 Å². The maximum atomic E-state index is 16.4. The zero-order valence-corrected chi connectivity index (χ0v) is 29.7. The SMILES string of the molecule is CCC12C(=C3C(=C4c5ccc(-c6ccc(CO)cc6)cc5S(=O)(=O)C41CC)C(F)(F)C(F)(F)C3(F)F)c1ccc(-c3ccc(CO)cc3)cc1S2(=O)=O. The summed E-state index contributed by atoms with van der Waals surface area (Å²) in [5, 5.41) is 18.9. The molecule has 6 nitrogen and oxygen atoms in total. The Labute approximate surface area is 301 Å². The molecule has 2 aliphatic carbocycles. The number of fused-ring (bicyclic) bond motifs is 8. The molecule has 53 heavy (non-hydrogen) atoms. The van der Waals surface area contributed by atoms with Gasteiger partial charge in [-0.1, -0.05) is 86.6 Å². The quantitative estimate of drug-likeness (QED) is 0.192.